The Bertz CT molecular complexity index is 1380. The topological polar surface area (TPSA) is 95.9 Å². The normalized spacial score (nSPS) is 12.7. The molecule has 0 heterocycles. The number of esters is 1. The number of rotatable bonds is 73. The number of carbonyl (C=O) groups is 2. The second-order valence-electron chi connectivity index (χ2n) is 26.7. The van der Waals surface area contributed by atoms with Gasteiger partial charge in [0.05, 0.1) is 25.4 Å². The van der Waals surface area contributed by atoms with Crippen LogP contribution in [0.3, 0.4) is 0 Å². The molecule has 0 aromatic carbocycles. The van der Waals surface area contributed by atoms with Crippen LogP contribution in [0.4, 0.5) is 0 Å². The number of amides is 1. The fraction of sp³-hybridized carbons (Fsp3) is 0.899. The fourth-order valence-electron chi connectivity index (χ4n) is 12.3. The first-order valence-corrected chi connectivity index (χ1v) is 38.8. The summed E-state index contributed by atoms with van der Waals surface area (Å²) in [5, 5.41) is 23.3. The number of aliphatic hydroxyl groups is 2. The number of aliphatic hydroxyl groups excluding tert-OH is 2. The number of ether oxygens (including phenoxy) is 1. The van der Waals surface area contributed by atoms with Gasteiger partial charge < -0.3 is 20.3 Å². The Labute approximate surface area is 532 Å². The number of hydrogen-bond acceptors (Lipinski definition) is 5. The van der Waals surface area contributed by atoms with E-state index in [1.54, 1.807) is 6.08 Å². The van der Waals surface area contributed by atoms with Gasteiger partial charge in [0.15, 0.2) is 0 Å². The summed E-state index contributed by atoms with van der Waals surface area (Å²) in [5.74, 6) is -0.0527. The molecule has 0 aliphatic rings. The lowest BCUT2D eigenvalue weighted by molar-refractivity contribution is -0.143. The number of nitrogens with one attached hydrogen (secondary N) is 1. The number of hydrogen-bond donors (Lipinski definition) is 3. The average molecular weight is 1200 g/mol. The summed E-state index contributed by atoms with van der Waals surface area (Å²) in [5.41, 5.74) is 0. The number of allylic oxidation sites excluding steroid dienone is 5. The molecule has 6 heteroatoms. The van der Waals surface area contributed by atoms with Crippen LogP contribution in [-0.2, 0) is 14.3 Å². The predicted molar refractivity (Wildman–Crippen MR) is 375 cm³/mol. The van der Waals surface area contributed by atoms with Crippen LogP contribution in [0.5, 0.6) is 0 Å². The van der Waals surface area contributed by atoms with Crippen molar-refractivity contribution in [1.29, 1.82) is 0 Å². The molecule has 0 aliphatic carbocycles. The molecule has 502 valence electrons. The van der Waals surface area contributed by atoms with Crippen molar-refractivity contribution in [2.45, 2.75) is 443 Å². The molecule has 0 bridgehead atoms. The van der Waals surface area contributed by atoms with Crippen LogP contribution in [0.15, 0.2) is 36.5 Å². The van der Waals surface area contributed by atoms with Gasteiger partial charge in [-0.2, -0.15) is 0 Å². The molecule has 2 unspecified atom stereocenters. The lowest BCUT2D eigenvalue weighted by Crippen LogP contribution is -2.45. The van der Waals surface area contributed by atoms with Crippen molar-refractivity contribution in [2.75, 3.05) is 13.2 Å². The maximum atomic E-state index is 12.5. The van der Waals surface area contributed by atoms with Gasteiger partial charge >= 0.3 is 5.97 Å². The van der Waals surface area contributed by atoms with E-state index in [0.717, 1.165) is 51.4 Å². The van der Waals surface area contributed by atoms with E-state index in [2.05, 4.69) is 43.5 Å². The molecule has 1 amide bonds. The first-order chi connectivity index (χ1) is 42.0. The molecular weight excluding hydrogens is 1040 g/mol. The number of carbonyl (C=O) groups excluding carboxylic acids is 2. The van der Waals surface area contributed by atoms with Crippen LogP contribution >= 0.6 is 0 Å². The standard InChI is InChI=1S/C79H151NO5/c1-3-5-7-9-11-13-15-17-18-19-20-21-32-35-38-41-44-48-51-55-59-63-67-71-77(82)76(75-81)80-78(83)72-68-64-60-56-52-49-45-42-39-36-33-30-28-26-24-22-23-25-27-29-31-34-37-40-43-46-50-54-58-62-66-70-74-85-79(84)73-69-65-61-57-53-47-16-14-12-10-8-6-4-2/h8,10,14,16,67,71,76-77,81-82H,3-7,9,11-13,15,17-66,68-70,72-75H2,1-2H3,(H,80,83)/b10-8-,16-14-,71-67+. The van der Waals surface area contributed by atoms with Gasteiger partial charge in [-0.3, -0.25) is 9.59 Å². The Morgan fingerprint density at radius 1 is 0.329 bits per heavy atom. The molecule has 0 aliphatic heterocycles. The molecule has 85 heavy (non-hydrogen) atoms. The third-order valence-electron chi connectivity index (χ3n) is 18.1. The summed E-state index contributed by atoms with van der Waals surface area (Å²) < 4.78 is 5.48. The van der Waals surface area contributed by atoms with E-state index >= 15 is 0 Å². The van der Waals surface area contributed by atoms with E-state index in [1.807, 2.05) is 6.08 Å². The predicted octanol–water partition coefficient (Wildman–Crippen LogP) is 25.4. The second-order valence-corrected chi connectivity index (χ2v) is 26.7. The molecule has 0 aromatic rings. The summed E-state index contributed by atoms with van der Waals surface area (Å²) in [7, 11) is 0. The molecule has 0 radical (unpaired) electrons. The minimum atomic E-state index is -0.843. The third-order valence-corrected chi connectivity index (χ3v) is 18.1. The molecule has 0 rings (SSSR count). The van der Waals surface area contributed by atoms with E-state index in [-0.39, 0.29) is 18.5 Å². The summed E-state index contributed by atoms with van der Waals surface area (Å²) >= 11 is 0. The van der Waals surface area contributed by atoms with Crippen molar-refractivity contribution >= 4 is 11.9 Å². The van der Waals surface area contributed by atoms with E-state index in [9.17, 15) is 19.8 Å². The molecule has 6 nitrogen and oxygen atoms in total. The van der Waals surface area contributed by atoms with Crippen LogP contribution in [0.2, 0.25) is 0 Å². The molecule has 2 atom stereocenters. The molecule has 0 saturated heterocycles. The molecule has 0 fully saturated rings. The molecule has 0 saturated carbocycles. The van der Waals surface area contributed by atoms with Crippen LogP contribution in [0, 0.1) is 0 Å². The number of unbranched alkanes of at least 4 members (excludes halogenated alkanes) is 58. The monoisotopic (exact) mass is 1190 g/mol. The van der Waals surface area contributed by atoms with Crippen molar-refractivity contribution < 1.29 is 24.5 Å². The summed E-state index contributed by atoms with van der Waals surface area (Å²) in [4.78, 5) is 24.6. The van der Waals surface area contributed by atoms with E-state index in [4.69, 9.17) is 4.74 Å². The van der Waals surface area contributed by atoms with Gasteiger partial charge in [0.25, 0.3) is 0 Å². The lowest BCUT2D eigenvalue weighted by atomic mass is 10.0. The zero-order valence-corrected chi connectivity index (χ0v) is 57.6. The minimum Gasteiger partial charge on any atom is -0.466 e. The van der Waals surface area contributed by atoms with Gasteiger partial charge in [-0.25, -0.2) is 0 Å². The van der Waals surface area contributed by atoms with Crippen molar-refractivity contribution in [3.63, 3.8) is 0 Å². The smallest absolute Gasteiger partial charge is 0.305 e. The van der Waals surface area contributed by atoms with Crippen molar-refractivity contribution in [1.82, 2.24) is 5.32 Å². The first kappa shape index (κ1) is 83.1. The molecule has 0 aromatic heterocycles. The van der Waals surface area contributed by atoms with Gasteiger partial charge in [-0.15, -0.1) is 0 Å². The third kappa shape index (κ3) is 71.0. The Morgan fingerprint density at radius 2 is 0.612 bits per heavy atom. The van der Waals surface area contributed by atoms with E-state index in [1.165, 1.54) is 353 Å². The maximum Gasteiger partial charge on any atom is 0.305 e. The zero-order chi connectivity index (χ0) is 61.3. The largest absolute Gasteiger partial charge is 0.466 e. The van der Waals surface area contributed by atoms with Crippen LogP contribution in [-0.4, -0.2) is 47.4 Å². The Balaban J connectivity index is 3.36. The second kappa shape index (κ2) is 74.5. The van der Waals surface area contributed by atoms with E-state index in [0.29, 0.717) is 19.4 Å². The molecular formula is C79H151NO5. The van der Waals surface area contributed by atoms with Crippen LogP contribution in [0.1, 0.15) is 431 Å². The SMILES string of the molecule is CCC/C=C\C/C=C\CCCCCCCC(=O)OCCCCCCCCCCCCCCCCCCCCCCCCCCCCCCCCCCC(=O)NC(CO)C(O)/C=C/CCCCCCCCCCCCCCCCCCCCCCC. The highest BCUT2D eigenvalue weighted by Crippen LogP contribution is 2.20. The van der Waals surface area contributed by atoms with Crippen molar-refractivity contribution in [3.05, 3.63) is 36.5 Å². The van der Waals surface area contributed by atoms with Crippen molar-refractivity contribution in [3.8, 4) is 0 Å². The fourth-order valence-corrected chi connectivity index (χ4v) is 12.3. The molecule has 3 N–H and O–H groups in total. The van der Waals surface area contributed by atoms with Gasteiger partial charge in [0.1, 0.15) is 0 Å². The van der Waals surface area contributed by atoms with Crippen molar-refractivity contribution in [2.24, 2.45) is 0 Å². The quantitative estimate of drug-likeness (QED) is 0.0320. The average Bonchev–Trinajstić information content (AvgIpc) is 3.51. The Morgan fingerprint density at radius 3 is 0.941 bits per heavy atom. The van der Waals surface area contributed by atoms with Gasteiger partial charge in [-0.05, 0) is 57.8 Å². The highest BCUT2D eigenvalue weighted by molar-refractivity contribution is 5.76. The van der Waals surface area contributed by atoms with Gasteiger partial charge in [-0.1, -0.05) is 397 Å². The summed E-state index contributed by atoms with van der Waals surface area (Å²) in [6.07, 6.45) is 96.9. The Hall–Kier alpha value is -1.92. The van der Waals surface area contributed by atoms with Gasteiger partial charge in [0.2, 0.25) is 5.91 Å². The zero-order valence-electron chi connectivity index (χ0n) is 57.6. The van der Waals surface area contributed by atoms with Crippen LogP contribution in [0.25, 0.3) is 0 Å². The first-order valence-electron chi connectivity index (χ1n) is 38.8. The highest BCUT2D eigenvalue weighted by atomic mass is 16.5. The van der Waals surface area contributed by atoms with Gasteiger partial charge in [0, 0.05) is 12.8 Å². The molecule has 0 spiro atoms. The minimum absolute atomic E-state index is 0.00607. The summed E-state index contributed by atoms with van der Waals surface area (Å²) in [6, 6.07) is -0.626. The highest BCUT2D eigenvalue weighted by Gasteiger charge is 2.18. The van der Waals surface area contributed by atoms with E-state index < -0.39 is 12.1 Å². The van der Waals surface area contributed by atoms with Crippen LogP contribution < -0.4 is 5.32 Å². The Kier molecular flexibility index (Phi) is 72.9. The maximum absolute atomic E-state index is 12.5. The summed E-state index contributed by atoms with van der Waals surface area (Å²) in [6.45, 7) is 4.88. The lowest BCUT2D eigenvalue weighted by Gasteiger charge is -2.20.